The van der Waals surface area contributed by atoms with Gasteiger partial charge in [-0.05, 0) is 60.8 Å². The summed E-state index contributed by atoms with van der Waals surface area (Å²) in [6.45, 7) is 4.50. The number of carbonyl (C=O) groups excluding carboxylic acids is 2. The molecule has 1 heterocycles. The van der Waals surface area contributed by atoms with Gasteiger partial charge in [0.1, 0.15) is 0 Å². The van der Waals surface area contributed by atoms with Crippen molar-refractivity contribution in [1.82, 2.24) is 4.90 Å². The number of hydrogen-bond donors (Lipinski definition) is 0. The molecule has 2 fully saturated rings. The van der Waals surface area contributed by atoms with E-state index in [1.165, 1.54) is 54.4 Å². The van der Waals surface area contributed by atoms with Gasteiger partial charge in [0.15, 0.2) is 0 Å². The fraction of sp³-hybridized carbons (Fsp3) is 0.643. The first kappa shape index (κ1) is 21.0. The molecule has 2 bridgehead atoms. The minimum absolute atomic E-state index is 0.0793. The Bertz CT molecular complexity index is 832. The van der Waals surface area contributed by atoms with Crippen molar-refractivity contribution in [2.75, 3.05) is 0 Å². The van der Waals surface area contributed by atoms with Crippen LogP contribution in [0.25, 0.3) is 0 Å². The molecule has 0 N–H and O–H groups in total. The maximum Gasteiger partial charge on any atom is 0.234 e. The number of amides is 2. The van der Waals surface area contributed by atoms with Gasteiger partial charge in [-0.3, -0.25) is 14.5 Å². The Labute approximate surface area is 187 Å². The molecule has 5 aliphatic rings. The first-order valence-corrected chi connectivity index (χ1v) is 12.9. The Morgan fingerprint density at radius 3 is 1.71 bits per heavy atom. The molecule has 0 aromatic heterocycles. The average molecular weight is 420 g/mol. The molecule has 3 heteroatoms. The summed E-state index contributed by atoms with van der Waals surface area (Å²) in [5, 5.41) is 0. The highest BCUT2D eigenvalue weighted by Crippen LogP contribution is 2.56. The van der Waals surface area contributed by atoms with Gasteiger partial charge in [0.2, 0.25) is 11.8 Å². The van der Waals surface area contributed by atoms with Gasteiger partial charge in [-0.25, -0.2) is 0 Å². The molecular weight excluding hydrogens is 382 g/mol. The first-order chi connectivity index (χ1) is 15.2. The van der Waals surface area contributed by atoms with Gasteiger partial charge in [0.05, 0.1) is 11.8 Å². The molecule has 2 amide bonds. The Morgan fingerprint density at radius 1 is 0.774 bits per heavy atom. The molecule has 0 spiro atoms. The van der Waals surface area contributed by atoms with Crippen molar-refractivity contribution in [2.45, 2.75) is 102 Å². The van der Waals surface area contributed by atoms with E-state index >= 15 is 0 Å². The topological polar surface area (TPSA) is 37.4 Å². The number of likely N-dealkylation sites (tertiary alicyclic amines) is 1. The second kappa shape index (κ2) is 8.56. The summed E-state index contributed by atoms with van der Waals surface area (Å²) in [6, 6.07) is 4.99. The first-order valence-electron chi connectivity index (χ1n) is 12.9. The van der Waals surface area contributed by atoms with Gasteiger partial charge in [0.25, 0.3) is 0 Å². The predicted molar refractivity (Wildman–Crippen MR) is 124 cm³/mol. The van der Waals surface area contributed by atoms with Gasteiger partial charge in [-0.1, -0.05) is 70.2 Å². The van der Waals surface area contributed by atoms with Crippen LogP contribution in [0, 0.1) is 11.8 Å². The Balaban J connectivity index is 1.51. The Kier molecular flexibility index (Phi) is 5.79. The average Bonchev–Trinajstić information content (AvgIpc) is 3.08. The third-order valence-corrected chi connectivity index (χ3v) is 8.39. The maximum absolute atomic E-state index is 13.6. The Hall–Kier alpha value is -1.90. The molecule has 1 aromatic carbocycles. The minimum Gasteiger partial charge on any atom is -0.279 e. The quantitative estimate of drug-likeness (QED) is 0.398. The predicted octanol–water partition coefficient (Wildman–Crippen LogP) is 6.06. The number of imide groups is 1. The molecule has 4 atom stereocenters. The van der Waals surface area contributed by atoms with Crippen molar-refractivity contribution in [3.8, 4) is 0 Å². The molecule has 3 nitrogen and oxygen atoms in total. The molecule has 1 aromatic rings. The summed E-state index contributed by atoms with van der Waals surface area (Å²) >= 11 is 0. The van der Waals surface area contributed by atoms with E-state index in [1.54, 1.807) is 4.90 Å². The smallest absolute Gasteiger partial charge is 0.234 e. The van der Waals surface area contributed by atoms with Crippen molar-refractivity contribution in [3.63, 3.8) is 0 Å². The van der Waals surface area contributed by atoms with Crippen molar-refractivity contribution < 1.29 is 9.59 Å². The number of rotatable bonds is 7. The molecule has 6 rings (SSSR count). The van der Waals surface area contributed by atoms with E-state index in [0.29, 0.717) is 0 Å². The summed E-state index contributed by atoms with van der Waals surface area (Å²) < 4.78 is 0. The van der Waals surface area contributed by atoms with Crippen LogP contribution >= 0.6 is 0 Å². The fourth-order valence-electron chi connectivity index (χ4n) is 6.77. The summed E-state index contributed by atoms with van der Waals surface area (Å²) in [4.78, 5) is 28.9. The van der Waals surface area contributed by atoms with Crippen molar-refractivity contribution in [1.29, 1.82) is 0 Å². The zero-order valence-corrected chi connectivity index (χ0v) is 19.2. The van der Waals surface area contributed by atoms with Gasteiger partial charge < -0.3 is 0 Å². The van der Waals surface area contributed by atoms with Gasteiger partial charge in [-0.15, -0.1) is 0 Å². The van der Waals surface area contributed by atoms with Crippen LogP contribution in [-0.4, -0.2) is 22.8 Å². The van der Waals surface area contributed by atoms with E-state index in [4.69, 9.17) is 0 Å². The molecule has 166 valence electrons. The summed E-state index contributed by atoms with van der Waals surface area (Å²) in [7, 11) is 0. The number of unbranched alkanes of at least 4 members (excludes halogenated alkanes) is 2. The molecule has 1 saturated carbocycles. The summed E-state index contributed by atoms with van der Waals surface area (Å²) in [6.07, 6.45) is 17.1. The van der Waals surface area contributed by atoms with E-state index in [1.807, 2.05) is 0 Å². The lowest BCUT2D eigenvalue weighted by Gasteiger charge is -2.41. The third-order valence-electron chi connectivity index (χ3n) is 8.39. The standard InChI is InChI=1S/C28H37NO2/c1-3-5-10-18-16-23-21-14-15-22(24(23)17-19(18)11-6-4-2)26-25(21)27(30)29(28(26)31)20-12-8-7-9-13-20/h14-17,20-22,25-26H,3-13H2,1-2H3/t21-,22+,25+,26-. The van der Waals surface area contributed by atoms with Crippen molar-refractivity contribution in [3.05, 3.63) is 46.5 Å². The number of nitrogens with zero attached hydrogens (tertiary/aromatic N) is 1. The van der Waals surface area contributed by atoms with Gasteiger partial charge in [0, 0.05) is 17.9 Å². The third kappa shape index (κ3) is 3.39. The molecule has 1 saturated heterocycles. The van der Waals surface area contributed by atoms with Crippen LogP contribution in [0.2, 0.25) is 0 Å². The van der Waals surface area contributed by atoms with Crippen molar-refractivity contribution in [2.24, 2.45) is 11.8 Å². The summed E-state index contributed by atoms with van der Waals surface area (Å²) in [5.41, 5.74) is 5.64. The number of benzene rings is 1. The second-order valence-corrected chi connectivity index (χ2v) is 10.3. The number of hydrogen-bond acceptors (Lipinski definition) is 2. The van der Waals surface area contributed by atoms with Crippen LogP contribution in [0.3, 0.4) is 0 Å². The molecular formula is C28H37NO2. The highest BCUT2D eigenvalue weighted by Gasteiger charge is 2.59. The van der Waals surface area contributed by atoms with E-state index in [2.05, 4.69) is 38.1 Å². The number of allylic oxidation sites excluding steroid dienone is 2. The SMILES string of the molecule is CCCCc1cc2c(cc1CCCC)[C@@H]1C=C[C@H]2[C@@H]2C(=O)N(C3CCCCC3)C(=O)[C@@H]21. The summed E-state index contributed by atoms with van der Waals surface area (Å²) in [5.74, 6) is 0.0651. The van der Waals surface area contributed by atoms with E-state index in [-0.39, 0.29) is 41.5 Å². The minimum atomic E-state index is -0.169. The van der Waals surface area contributed by atoms with Crippen LogP contribution in [0.15, 0.2) is 24.3 Å². The van der Waals surface area contributed by atoms with Crippen LogP contribution < -0.4 is 0 Å². The van der Waals surface area contributed by atoms with E-state index < -0.39 is 0 Å². The second-order valence-electron chi connectivity index (χ2n) is 10.3. The van der Waals surface area contributed by atoms with Crippen LogP contribution in [0.5, 0.6) is 0 Å². The van der Waals surface area contributed by atoms with Crippen molar-refractivity contribution >= 4 is 11.8 Å². The lowest BCUT2D eigenvalue weighted by molar-refractivity contribution is -0.143. The zero-order valence-electron chi connectivity index (χ0n) is 19.2. The number of aryl methyl sites for hydroxylation is 2. The highest BCUT2D eigenvalue weighted by atomic mass is 16.2. The maximum atomic E-state index is 13.6. The van der Waals surface area contributed by atoms with Crippen LogP contribution in [0.1, 0.15) is 106 Å². The Morgan fingerprint density at radius 2 is 1.26 bits per heavy atom. The number of carbonyl (C=O) groups is 2. The highest BCUT2D eigenvalue weighted by molar-refractivity contribution is 6.07. The zero-order chi connectivity index (χ0) is 21.5. The van der Waals surface area contributed by atoms with Gasteiger partial charge in [-0.2, -0.15) is 0 Å². The fourth-order valence-corrected chi connectivity index (χ4v) is 6.77. The van der Waals surface area contributed by atoms with Crippen LogP contribution in [-0.2, 0) is 22.4 Å². The van der Waals surface area contributed by atoms with Crippen LogP contribution in [0.4, 0.5) is 0 Å². The lowest BCUT2D eigenvalue weighted by atomic mass is 9.60. The largest absolute Gasteiger partial charge is 0.279 e. The lowest BCUT2D eigenvalue weighted by Crippen LogP contribution is -2.42. The molecule has 1 aliphatic heterocycles. The normalized spacial score (nSPS) is 29.5. The molecule has 4 aliphatic carbocycles. The monoisotopic (exact) mass is 419 g/mol. The van der Waals surface area contributed by atoms with E-state index in [9.17, 15) is 9.59 Å². The van der Waals surface area contributed by atoms with E-state index in [0.717, 1.165) is 38.5 Å². The molecule has 0 unspecified atom stereocenters. The van der Waals surface area contributed by atoms with Gasteiger partial charge >= 0.3 is 0 Å². The molecule has 0 radical (unpaired) electrons. The molecule has 31 heavy (non-hydrogen) atoms.